The third-order valence-corrected chi connectivity index (χ3v) is 3.76. The molecule has 1 heterocycles. The van der Waals surface area contributed by atoms with E-state index in [0.717, 1.165) is 11.1 Å². The summed E-state index contributed by atoms with van der Waals surface area (Å²) in [5.41, 5.74) is 2.82. The van der Waals surface area contributed by atoms with Crippen LogP contribution in [0.15, 0.2) is 36.8 Å². The van der Waals surface area contributed by atoms with Crippen LogP contribution in [0.3, 0.4) is 0 Å². The van der Waals surface area contributed by atoms with Gasteiger partial charge in [0.05, 0.1) is 12.2 Å². The number of aliphatic carboxylic acids is 1. The minimum atomic E-state index is -1.05. The number of carbonyl (C=O) groups excluding carboxylic acids is 1. The first-order valence-electron chi connectivity index (χ1n) is 6.73. The van der Waals surface area contributed by atoms with Gasteiger partial charge in [-0.3, -0.25) is 4.79 Å². The topological polar surface area (TPSA) is 95.1 Å². The Kier molecular flexibility index (Phi) is 3.43. The Bertz CT molecular complexity index is 667. The maximum atomic E-state index is 12.2. The smallest absolute Gasteiger partial charge is 0.326 e. The number of amides is 1. The largest absolute Gasteiger partial charge is 0.480 e. The van der Waals surface area contributed by atoms with E-state index >= 15 is 0 Å². The fraction of sp³-hybridized carbons (Fsp3) is 0.267. The van der Waals surface area contributed by atoms with Gasteiger partial charge in [-0.05, 0) is 17.5 Å². The van der Waals surface area contributed by atoms with Crippen molar-refractivity contribution in [3.63, 3.8) is 0 Å². The molecule has 0 saturated heterocycles. The second kappa shape index (κ2) is 5.40. The molecule has 1 amide bonds. The van der Waals surface area contributed by atoms with E-state index in [9.17, 15) is 14.7 Å². The lowest BCUT2D eigenvalue weighted by molar-refractivity contribution is -0.142. The Balaban J connectivity index is 1.67. The number of hydrogen-bond acceptors (Lipinski definition) is 3. The lowest BCUT2D eigenvalue weighted by Gasteiger charge is -2.30. The molecule has 0 spiro atoms. The van der Waals surface area contributed by atoms with Crippen LogP contribution in [0.5, 0.6) is 0 Å². The average Bonchev–Trinajstić information content (AvgIpc) is 2.92. The Labute approximate surface area is 121 Å². The third kappa shape index (κ3) is 2.65. The van der Waals surface area contributed by atoms with E-state index in [0.29, 0.717) is 12.1 Å². The van der Waals surface area contributed by atoms with Crippen LogP contribution < -0.4 is 5.32 Å². The molecule has 2 atom stereocenters. The lowest BCUT2D eigenvalue weighted by Crippen LogP contribution is -2.46. The molecule has 1 unspecified atom stereocenters. The highest BCUT2D eigenvalue weighted by Gasteiger charge is 2.34. The minimum Gasteiger partial charge on any atom is -0.480 e. The first kappa shape index (κ1) is 13.4. The Morgan fingerprint density at radius 1 is 1.43 bits per heavy atom. The number of benzene rings is 1. The highest BCUT2D eigenvalue weighted by Crippen LogP contribution is 2.34. The zero-order valence-electron chi connectivity index (χ0n) is 11.2. The van der Waals surface area contributed by atoms with Gasteiger partial charge >= 0.3 is 5.97 Å². The second-order valence-electron chi connectivity index (χ2n) is 5.14. The number of carboxylic acid groups (broad SMARTS) is 1. The maximum Gasteiger partial charge on any atom is 0.326 e. The van der Waals surface area contributed by atoms with Gasteiger partial charge in [-0.25, -0.2) is 9.78 Å². The molecule has 3 rings (SSSR count). The monoisotopic (exact) mass is 285 g/mol. The van der Waals surface area contributed by atoms with E-state index in [-0.39, 0.29) is 18.2 Å². The molecular weight excluding hydrogens is 270 g/mol. The van der Waals surface area contributed by atoms with E-state index in [1.54, 1.807) is 6.20 Å². The summed E-state index contributed by atoms with van der Waals surface area (Å²) >= 11 is 0. The molecule has 1 aromatic carbocycles. The van der Waals surface area contributed by atoms with Crippen molar-refractivity contribution in [2.24, 2.45) is 0 Å². The fourth-order valence-electron chi connectivity index (χ4n) is 2.58. The molecule has 21 heavy (non-hydrogen) atoms. The molecule has 1 aromatic heterocycles. The van der Waals surface area contributed by atoms with Crippen molar-refractivity contribution in [3.05, 3.63) is 53.6 Å². The molecular formula is C15H15N3O3. The molecule has 6 nitrogen and oxygen atoms in total. The second-order valence-corrected chi connectivity index (χ2v) is 5.14. The van der Waals surface area contributed by atoms with Crippen LogP contribution in [0.1, 0.15) is 22.7 Å². The van der Waals surface area contributed by atoms with Crippen LogP contribution in [0.25, 0.3) is 0 Å². The zero-order chi connectivity index (χ0) is 14.8. The number of carbonyl (C=O) groups is 2. The van der Waals surface area contributed by atoms with Gasteiger partial charge in [-0.2, -0.15) is 0 Å². The molecule has 0 saturated carbocycles. The van der Waals surface area contributed by atoms with Gasteiger partial charge in [0, 0.05) is 18.3 Å². The number of rotatable bonds is 5. The molecule has 1 aliphatic rings. The van der Waals surface area contributed by atoms with Crippen molar-refractivity contribution in [2.75, 3.05) is 0 Å². The number of aromatic nitrogens is 2. The highest BCUT2D eigenvalue weighted by atomic mass is 16.4. The van der Waals surface area contributed by atoms with Gasteiger partial charge in [0.25, 0.3) is 0 Å². The summed E-state index contributed by atoms with van der Waals surface area (Å²) in [7, 11) is 0. The van der Waals surface area contributed by atoms with Gasteiger partial charge in [-0.1, -0.05) is 24.3 Å². The van der Waals surface area contributed by atoms with Crippen LogP contribution in [0, 0.1) is 0 Å². The predicted molar refractivity (Wildman–Crippen MR) is 74.7 cm³/mol. The van der Waals surface area contributed by atoms with Gasteiger partial charge in [0.15, 0.2) is 0 Å². The summed E-state index contributed by atoms with van der Waals surface area (Å²) in [5, 5.41) is 11.9. The van der Waals surface area contributed by atoms with Gasteiger partial charge in [0.2, 0.25) is 5.91 Å². The van der Waals surface area contributed by atoms with Crippen molar-refractivity contribution in [3.8, 4) is 0 Å². The molecule has 3 N–H and O–H groups in total. The summed E-state index contributed by atoms with van der Waals surface area (Å²) in [5.74, 6) is -1.53. The number of nitrogens with zero attached hydrogens (tertiary/aromatic N) is 1. The van der Waals surface area contributed by atoms with Crippen molar-refractivity contribution < 1.29 is 14.7 Å². The SMILES string of the molecule is O=C(N[C@@H](Cc1cnc[nH]1)C(=O)O)C1Cc2ccccc21. The van der Waals surface area contributed by atoms with Crippen molar-refractivity contribution in [1.82, 2.24) is 15.3 Å². The van der Waals surface area contributed by atoms with E-state index in [1.807, 2.05) is 24.3 Å². The number of nitrogens with one attached hydrogen (secondary N) is 2. The standard InChI is InChI=1S/C15H15N3O3/c19-14(12-5-9-3-1-2-4-11(9)12)18-13(15(20)21)6-10-7-16-8-17-10/h1-4,7-8,12-13H,5-6H2,(H,16,17)(H,18,19)(H,20,21)/t12?,13-/m0/s1. The number of H-pyrrole nitrogens is 1. The first-order chi connectivity index (χ1) is 10.1. The molecule has 0 aliphatic heterocycles. The van der Waals surface area contributed by atoms with E-state index < -0.39 is 12.0 Å². The zero-order valence-corrected chi connectivity index (χ0v) is 11.2. The van der Waals surface area contributed by atoms with Crippen LogP contribution >= 0.6 is 0 Å². The average molecular weight is 285 g/mol. The number of aromatic amines is 1. The highest BCUT2D eigenvalue weighted by molar-refractivity contribution is 5.90. The van der Waals surface area contributed by atoms with Gasteiger partial charge in [-0.15, -0.1) is 0 Å². The Morgan fingerprint density at radius 3 is 2.90 bits per heavy atom. The molecule has 6 heteroatoms. The van der Waals surface area contributed by atoms with Gasteiger partial charge < -0.3 is 15.4 Å². The Hall–Kier alpha value is -2.63. The number of carboxylic acids is 1. The third-order valence-electron chi connectivity index (χ3n) is 3.76. The maximum absolute atomic E-state index is 12.2. The molecule has 0 bridgehead atoms. The molecule has 1 aliphatic carbocycles. The Morgan fingerprint density at radius 2 is 2.24 bits per heavy atom. The summed E-state index contributed by atoms with van der Waals surface area (Å²) in [6.07, 6.45) is 3.90. The van der Waals surface area contributed by atoms with Crippen LogP contribution in [0.4, 0.5) is 0 Å². The predicted octanol–water partition coefficient (Wildman–Crippen LogP) is 0.861. The van der Waals surface area contributed by atoms with E-state index in [2.05, 4.69) is 15.3 Å². The summed E-state index contributed by atoms with van der Waals surface area (Å²) in [4.78, 5) is 30.2. The summed E-state index contributed by atoms with van der Waals surface area (Å²) in [6, 6.07) is 6.76. The van der Waals surface area contributed by atoms with E-state index in [1.165, 1.54) is 6.33 Å². The normalized spacial score (nSPS) is 17.4. The quantitative estimate of drug-likeness (QED) is 0.759. The van der Waals surface area contributed by atoms with Gasteiger partial charge in [0.1, 0.15) is 6.04 Å². The molecule has 0 fully saturated rings. The molecule has 108 valence electrons. The van der Waals surface area contributed by atoms with E-state index in [4.69, 9.17) is 0 Å². The minimum absolute atomic E-state index is 0.190. The lowest BCUT2D eigenvalue weighted by atomic mass is 9.77. The number of hydrogen-bond donors (Lipinski definition) is 3. The first-order valence-corrected chi connectivity index (χ1v) is 6.73. The number of fused-ring (bicyclic) bond motifs is 1. The summed E-state index contributed by atoms with van der Waals surface area (Å²) < 4.78 is 0. The molecule has 0 radical (unpaired) electrons. The fourth-order valence-corrected chi connectivity index (χ4v) is 2.58. The number of imidazole rings is 1. The van der Waals surface area contributed by atoms with Crippen molar-refractivity contribution >= 4 is 11.9 Å². The van der Waals surface area contributed by atoms with Crippen molar-refractivity contribution in [2.45, 2.75) is 24.8 Å². The van der Waals surface area contributed by atoms with Crippen LogP contribution in [-0.4, -0.2) is 33.0 Å². The summed E-state index contributed by atoms with van der Waals surface area (Å²) in [6.45, 7) is 0. The van der Waals surface area contributed by atoms with Crippen molar-refractivity contribution in [1.29, 1.82) is 0 Å². The van der Waals surface area contributed by atoms with Crippen LogP contribution in [-0.2, 0) is 22.4 Å². The molecule has 2 aromatic rings. The van der Waals surface area contributed by atoms with Crippen LogP contribution in [0.2, 0.25) is 0 Å².